The molecule has 1 fully saturated rings. The molecule has 3 heterocycles. The van der Waals surface area contributed by atoms with E-state index in [1.807, 2.05) is 12.4 Å². The first-order valence-corrected chi connectivity index (χ1v) is 10.1. The second-order valence-electron chi connectivity index (χ2n) is 7.31. The van der Waals surface area contributed by atoms with E-state index in [1.54, 1.807) is 18.3 Å². The first-order chi connectivity index (χ1) is 13.1. The fraction of sp³-hybridized carbons (Fsp3) is 0.400. The molecular weight excluding hydrogens is 414 g/mol. The monoisotopic (exact) mass is 432 g/mol. The lowest BCUT2D eigenvalue weighted by Gasteiger charge is -2.31. The van der Waals surface area contributed by atoms with E-state index in [1.165, 1.54) is 6.42 Å². The van der Waals surface area contributed by atoms with E-state index < -0.39 is 6.43 Å². The van der Waals surface area contributed by atoms with E-state index in [4.69, 9.17) is 4.98 Å². The van der Waals surface area contributed by atoms with Gasteiger partial charge in [-0.05, 0) is 43.4 Å². The van der Waals surface area contributed by atoms with Crippen LogP contribution in [0.4, 0.5) is 20.3 Å². The molecule has 3 aromatic rings. The standard InChI is InChI=1S/C20H19BrF2N4/c21-15-9-13(18(22)23)10-16-14(15)5-2-7-26(16)20-17-11-24-6-8-27(17)19(25-20)12-3-1-4-12/h6,8-12,18H,1-5,7H2. The van der Waals surface area contributed by atoms with Crippen LogP contribution in [-0.4, -0.2) is 20.9 Å². The zero-order chi connectivity index (χ0) is 18.5. The number of hydrogen-bond acceptors (Lipinski definition) is 3. The average Bonchev–Trinajstić information content (AvgIpc) is 2.99. The van der Waals surface area contributed by atoms with Crippen molar-refractivity contribution < 1.29 is 8.78 Å². The summed E-state index contributed by atoms with van der Waals surface area (Å²) in [4.78, 5) is 11.4. The van der Waals surface area contributed by atoms with Gasteiger partial charge in [-0.15, -0.1) is 0 Å². The lowest BCUT2D eigenvalue weighted by molar-refractivity contribution is 0.151. The number of halogens is 3. The van der Waals surface area contributed by atoms with Crippen LogP contribution in [0.15, 0.2) is 35.2 Å². The summed E-state index contributed by atoms with van der Waals surface area (Å²) in [6, 6.07) is 3.16. The lowest BCUT2D eigenvalue weighted by Crippen LogP contribution is -2.25. The van der Waals surface area contributed by atoms with Crippen molar-refractivity contribution in [1.29, 1.82) is 0 Å². The first kappa shape index (κ1) is 17.1. The zero-order valence-corrected chi connectivity index (χ0v) is 16.3. The van der Waals surface area contributed by atoms with Crippen molar-refractivity contribution >= 4 is 33.0 Å². The maximum absolute atomic E-state index is 13.4. The summed E-state index contributed by atoms with van der Waals surface area (Å²) in [5.74, 6) is 2.35. The second-order valence-corrected chi connectivity index (χ2v) is 8.16. The van der Waals surface area contributed by atoms with Crippen molar-refractivity contribution in [3.05, 3.63) is 52.1 Å². The molecule has 0 N–H and O–H groups in total. The molecule has 4 nitrogen and oxygen atoms in total. The maximum Gasteiger partial charge on any atom is 0.263 e. The zero-order valence-electron chi connectivity index (χ0n) is 14.7. The first-order valence-electron chi connectivity index (χ1n) is 9.33. The summed E-state index contributed by atoms with van der Waals surface area (Å²) >= 11 is 3.50. The van der Waals surface area contributed by atoms with Crippen LogP contribution < -0.4 is 4.90 Å². The summed E-state index contributed by atoms with van der Waals surface area (Å²) in [5.41, 5.74) is 2.87. The molecule has 2 aromatic heterocycles. The Morgan fingerprint density at radius 3 is 2.78 bits per heavy atom. The molecule has 1 aliphatic heterocycles. The van der Waals surface area contributed by atoms with Crippen molar-refractivity contribution in [2.24, 2.45) is 0 Å². The van der Waals surface area contributed by atoms with E-state index in [-0.39, 0.29) is 5.56 Å². The Bertz CT molecular complexity index is 1010. The number of alkyl halides is 2. The minimum atomic E-state index is -2.50. The molecule has 0 bridgehead atoms. The van der Waals surface area contributed by atoms with Crippen molar-refractivity contribution in [3.63, 3.8) is 0 Å². The Morgan fingerprint density at radius 1 is 1.19 bits per heavy atom. The molecule has 7 heteroatoms. The summed E-state index contributed by atoms with van der Waals surface area (Å²) in [7, 11) is 0. The van der Waals surface area contributed by atoms with Gasteiger partial charge in [0.05, 0.1) is 6.20 Å². The number of nitrogens with zero attached hydrogens (tertiary/aromatic N) is 4. The minimum absolute atomic E-state index is 0.0355. The summed E-state index contributed by atoms with van der Waals surface area (Å²) < 4.78 is 29.7. The Morgan fingerprint density at radius 2 is 2.04 bits per heavy atom. The van der Waals surface area contributed by atoms with E-state index in [0.717, 1.165) is 65.1 Å². The second kappa shape index (κ2) is 6.55. The Kier molecular flexibility index (Phi) is 4.15. The van der Waals surface area contributed by atoms with Crippen molar-refractivity contribution in [2.45, 2.75) is 44.4 Å². The van der Waals surface area contributed by atoms with Crippen LogP contribution in [0.2, 0.25) is 0 Å². The lowest BCUT2D eigenvalue weighted by atomic mass is 9.85. The Balaban J connectivity index is 1.69. The normalized spacial score (nSPS) is 17.4. The van der Waals surface area contributed by atoms with Gasteiger partial charge in [0.1, 0.15) is 11.3 Å². The largest absolute Gasteiger partial charge is 0.324 e. The van der Waals surface area contributed by atoms with Gasteiger partial charge in [0.15, 0.2) is 5.82 Å². The molecule has 2 aliphatic rings. The molecule has 0 saturated heterocycles. The highest BCUT2D eigenvalue weighted by Gasteiger charge is 2.30. The van der Waals surface area contributed by atoms with Crippen molar-refractivity contribution in [1.82, 2.24) is 14.4 Å². The average molecular weight is 433 g/mol. The fourth-order valence-electron chi connectivity index (χ4n) is 4.11. The predicted octanol–water partition coefficient (Wildman–Crippen LogP) is 5.78. The molecular formula is C20H19BrF2N4. The van der Waals surface area contributed by atoms with Crippen LogP contribution in [0.25, 0.3) is 5.52 Å². The molecule has 0 radical (unpaired) electrons. The van der Waals surface area contributed by atoms with E-state index >= 15 is 0 Å². The Hall–Kier alpha value is -2.02. The number of hydrogen-bond donors (Lipinski definition) is 0. The van der Waals surface area contributed by atoms with Gasteiger partial charge in [0.2, 0.25) is 0 Å². The van der Waals surface area contributed by atoms with Crippen molar-refractivity contribution in [3.8, 4) is 0 Å². The maximum atomic E-state index is 13.4. The molecule has 1 aromatic carbocycles. The smallest absolute Gasteiger partial charge is 0.263 e. The molecule has 1 aliphatic carbocycles. The fourth-order valence-corrected chi connectivity index (χ4v) is 4.78. The summed E-state index contributed by atoms with van der Waals surface area (Å²) in [6.45, 7) is 0.762. The number of fused-ring (bicyclic) bond motifs is 2. The van der Waals surface area contributed by atoms with Crippen LogP contribution in [0.1, 0.15) is 55.0 Å². The molecule has 5 rings (SSSR count). The van der Waals surface area contributed by atoms with Crippen LogP contribution >= 0.6 is 15.9 Å². The molecule has 140 valence electrons. The SMILES string of the molecule is FC(F)c1cc(Br)c2c(c1)N(c1nc(C3CCC3)n3ccncc13)CCC2. The van der Waals surface area contributed by atoms with Crippen LogP contribution in [0.5, 0.6) is 0 Å². The van der Waals surface area contributed by atoms with Crippen molar-refractivity contribution in [2.75, 3.05) is 11.4 Å². The van der Waals surface area contributed by atoms with Gasteiger partial charge in [-0.25, -0.2) is 13.8 Å². The number of aromatic nitrogens is 3. The third-order valence-electron chi connectivity index (χ3n) is 5.73. The number of imidazole rings is 1. The van der Waals surface area contributed by atoms with Gasteiger partial charge >= 0.3 is 0 Å². The highest BCUT2D eigenvalue weighted by molar-refractivity contribution is 9.10. The quantitative estimate of drug-likeness (QED) is 0.525. The molecule has 0 unspecified atom stereocenters. The molecule has 0 spiro atoms. The number of anilines is 2. The highest BCUT2D eigenvalue weighted by atomic mass is 79.9. The highest BCUT2D eigenvalue weighted by Crippen LogP contribution is 2.43. The number of benzene rings is 1. The van der Waals surface area contributed by atoms with Gasteiger partial charge in [-0.3, -0.25) is 9.38 Å². The van der Waals surface area contributed by atoms with Gasteiger partial charge < -0.3 is 4.90 Å². The molecule has 0 amide bonds. The molecule has 27 heavy (non-hydrogen) atoms. The number of rotatable bonds is 3. The van der Waals surface area contributed by atoms with Gasteiger partial charge in [0, 0.05) is 40.6 Å². The summed E-state index contributed by atoms with van der Waals surface area (Å²) in [6.07, 6.45) is 8.42. The molecule has 0 atom stereocenters. The van der Waals surface area contributed by atoms with Crippen LogP contribution in [-0.2, 0) is 6.42 Å². The predicted molar refractivity (Wildman–Crippen MR) is 104 cm³/mol. The third kappa shape index (κ3) is 2.74. The topological polar surface area (TPSA) is 33.4 Å². The van der Waals surface area contributed by atoms with Gasteiger partial charge in [-0.2, -0.15) is 0 Å². The van der Waals surface area contributed by atoms with Gasteiger partial charge in [0.25, 0.3) is 6.43 Å². The molecule has 1 saturated carbocycles. The van der Waals surface area contributed by atoms with Crippen LogP contribution in [0.3, 0.4) is 0 Å². The van der Waals surface area contributed by atoms with E-state index in [0.29, 0.717) is 5.92 Å². The van der Waals surface area contributed by atoms with Crippen LogP contribution in [0, 0.1) is 0 Å². The van der Waals surface area contributed by atoms with E-state index in [9.17, 15) is 8.78 Å². The summed E-state index contributed by atoms with van der Waals surface area (Å²) in [5, 5.41) is 0. The third-order valence-corrected chi connectivity index (χ3v) is 6.43. The van der Waals surface area contributed by atoms with Gasteiger partial charge in [-0.1, -0.05) is 22.4 Å². The Labute approximate surface area is 164 Å². The minimum Gasteiger partial charge on any atom is -0.324 e. The van der Waals surface area contributed by atoms with E-state index in [2.05, 4.69) is 30.2 Å².